The normalized spacial score (nSPS) is 10.8. The minimum atomic E-state index is -0.0737. The molecule has 0 atom stereocenters. The van der Waals surface area contributed by atoms with Crippen molar-refractivity contribution in [2.75, 3.05) is 0 Å². The van der Waals surface area contributed by atoms with Gasteiger partial charge in [0.2, 0.25) is 0 Å². The highest BCUT2D eigenvalue weighted by Crippen LogP contribution is 2.32. The predicted octanol–water partition coefficient (Wildman–Crippen LogP) is 5.90. The van der Waals surface area contributed by atoms with E-state index in [0.29, 0.717) is 17.9 Å². The number of benzene rings is 3. The Morgan fingerprint density at radius 2 is 1.76 bits per heavy atom. The second-order valence-electron chi connectivity index (χ2n) is 6.42. The van der Waals surface area contributed by atoms with Crippen molar-refractivity contribution >= 4 is 22.6 Å². The van der Waals surface area contributed by atoms with Crippen LogP contribution < -0.4 is 4.74 Å². The Bertz CT molecular complexity index is 905. The molecular weight excluding hydrogens is 308 g/mol. The van der Waals surface area contributed by atoms with Gasteiger partial charge >= 0.3 is 0 Å². The Kier molecular flexibility index (Phi) is 4.99. The Morgan fingerprint density at radius 3 is 2.44 bits per heavy atom. The highest BCUT2D eigenvalue weighted by atomic mass is 16.5. The van der Waals surface area contributed by atoms with E-state index in [4.69, 9.17) is 4.74 Å². The van der Waals surface area contributed by atoms with E-state index in [1.165, 1.54) is 0 Å². The van der Waals surface area contributed by atoms with Gasteiger partial charge in [-0.3, -0.25) is 4.79 Å². The summed E-state index contributed by atoms with van der Waals surface area (Å²) in [7, 11) is 0. The van der Waals surface area contributed by atoms with Crippen molar-refractivity contribution in [1.82, 2.24) is 0 Å². The number of rotatable bonds is 6. The van der Waals surface area contributed by atoms with Gasteiger partial charge in [0, 0.05) is 11.3 Å². The van der Waals surface area contributed by atoms with Crippen molar-refractivity contribution in [3.05, 3.63) is 83.9 Å². The first kappa shape index (κ1) is 17.0. The fourth-order valence-electron chi connectivity index (χ4n) is 2.81. The van der Waals surface area contributed by atoms with Gasteiger partial charge in [-0.05, 0) is 22.6 Å². The van der Waals surface area contributed by atoms with Crippen LogP contribution in [0.25, 0.3) is 16.8 Å². The lowest BCUT2D eigenvalue weighted by Gasteiger charge is -2.15. The summed E-state index contributed by atoms with van der Waals surface area (Å²) in [5.41, 5.74) is 2.78. The van der Waals surface area contributed by atoms with Crippen LogP contribution in [0, 0.1) is 5.92 Å². The second-order valence-corrected chi connectivity index (χ2v) is 6.42. The molecule has 0 amide bonds. The van der Waals surface area contributed by atoms with Crippen LogP contribution in [-0.2, 0) is 6.61 Å². The van der Waals surface area contributed by atoms with Crippen LogP contribution in [0.2, 0.25) is 0 Å². The first-order chi connectivity index (χ1) is 12.1. The molecule has 3 rings (SSSR count). The predicted molar refractivity (Wildman–Crippen MR) is 104 cm³/mol. The SMILES string of the molecule is C=Cc1ccc(COc2c(C(=O)C(C)C)ccc3ccccc23)cc1. The molecule has 2 heteroatoms. The van der Waals surface area contributed by atoms with Crippen molar-refractivity contribution in [3.63, 3.8) is 0 Å². The fraction of sp³-hybridized carbons (Fsp3) is 0.174. The molecule has 0 N–H and O–H groups in total. The molecule has 0 unspecified atom stereocenters. The lowest BCUT2D eigenvalue weighted by atomic mass is 9.97. The van der Waals surface area contributed by atoms with E-state index >= 15 is 0 Å². The van der Waals surface area contributed by atoms with Gasteiger partial charge in [0.25, 0.3) is 0 Å². The molecule has 0 aromatic heterocycles. The molecule has 0 radical (unpaired) electrons. The van der Waals surface area contributed by atoms with E-state index in [2.05, 4.69) is 6.58 Å². The van der Waals surface area contributed by atoms with Crippen LogP contribution in [0.3, 0.4) is 0 Å². The third-order valence-corrected chi connectivity index (χ3v) is 4.27. The molecule has 0 aliphatic heterocycles. The monoisotopic (exact) mass is 330 g/mol. The van der Waals surface area contributed by atoms with E-state index in [9.17, 15) is 4.79 Å². The minimum Gasteiger partial charge on any atom is -0.487 e. The molecule has 0 bridgehead atoms. The third-order valence-electron chi connectivity index (χ3n) is 4.27. The van der Waals surface area contributed by atoms with Crippen molar-refractivity contribution in [2.45, 2.75) is 20.5 Å². The summed E-state index contributed by atoms with van der Waals surface area (Å²) in [6.45, 7) is 8.01. The van der Waals surface area contributed by atoms with Crippen molar-refractivity contribution in [3.8, 4) is 5.75 Å². The number of hydrogen-bond donors (Lipinski definition) is 0. The van der Waals surface area contributed by atoms with Gasteiger partial charge in [0.1, 0.15) is 12.4 Å². The highest BCUT2D eigenvalue weighted by molar-refractivity contribution is 6.05. The molecule has 126 valence electrons. The summed E-state index contributed by atoms with van der Waals surface area (Å²) in [5.74, 6) is 0.697. The summed E-state index contributed by atoms with van der Waals surface area (Å²) in [4.78, 5) is 12.6. The van der Waals surface area contributed by atoms with Crippen LogP contribution in [0.1, 0.15) is 35.3 Å². The van der Waals surface area contributed by atoms with Gasteiger partial charge in [-0.15, -0.1) is 0 Å². The Labute approximate surface area is 148 Å². The van der Waals surface area contributed by atoms with E-state index in [1.807, 2.05) is 80.6 Å². The van der Waals surface area contributed by atoms with Crippen LogP contribution >= 0.6 is 0 Å². The zero-order chi connectivity index (χ0) is 17.8. The summed E-state index contributed by atoms with van der Waals surface area (Å²) < 4.78 is 6.13. The Hall–Kier alpha value is -2.87. The van der Waals surface area contributed by atoms with E-state index < -0.39 is 0 Å². The summed E-state index contributed by atoms with van der Waals surface area (Å²) in [5, 5.41) is 2.04. The van der Waals surface area contributed by atoms with Crippen molar-refractivity contribution in [2.24, 2.45) is 5.92 Å². The summed E-state index contributed by atoms with van der Waals surface area (Å²) in [6.07, 6.45) is 1.81. The first-order valence-electron chi connectivity index (χ1n) is 8.50. The molecule has 0 saturated heterocycles. The summed E-state index contributed by atoms with van der Waals surface area (Å²) >= 11 is 0. The van der Waals surface area contributed by atoms with Crippen LogP contribution in [0.15, 0.2) is 67.2 Å². The maximum Gasteiger partial charge on any atom is 0.169 e. The Balaban J connectivity index is 1.98. The molecular formula is C23H22O2. The molecule has 0 aliphatic carbocycles. The molecule has 0 heterocycles. The van der Waals surface area contributed by atoms with Crippen molar-refractivity contribution in [1.29, 1.82) is 0 Å². The second kappa shape index (κ2) is 7.35. The Morgan fingerprint density at radius 1 is 1.04 bits per heavy atom. The van der Waals surface area contributed by atoms with Gasteiger partial charge in [-0.1, -0.05) is 81.1 Å². The van der Waals surface area contributed by atoms with Gasteiger partial charge in [-0.2, -0.15) is 0 Å². The maximum absolute atomic E-state index is 12.6. The van der Waals surface area contributed by atoms with Gasteiger partial charge in [-0.25, -0.2) is 0 Å². The number of carbonyl (C=O) groups excluding carboxylic acids is 1. The van der Waals surface area contributed by atoms with E-state index in [0.717, 1.165) is 21.9 Å². The lowest BCUT2D eigenvalue weighted by Crippen LogP contribution is -2.10. The average Bonchev–Trinajstić information content (AvgIpc) is 2.65. The molecule has 0 saturated carbocycles. The van der Waals surface area contributed by atoms with E-state index in [-0.39, 0.29) is 11.7 Å². The zero-order valence-corrected chi connectivity index (χ0v) is 14.7. The van der Waals surface area contributed by atoms with Gasteiger partial charge in [0.15, 0.2) is 5.78 Å². The van der Waals surface area contributed by atoms with Gasteiger partial charge in [0.05, 0.1) is 5.56 Å². The number of Topliss-reactive ketones (excluding diaryl/α,β-unsaturated/α-hetero) is 1. The number of fused-ring (bicyclic) bond motifs is 1. The highest BCUT2D eigenvalue weighted by Gasteiger charge is 2.18. The molecule has 2 nitrogen and oxygen atoms in total. The van der Waals surface area contributed by atoms with Crippen LogP contribution in [0.5, 0.6) is 5.75 Å². The number of ketones is 1. The molecule has 3 aromatic rings. The average molecular weight is 330 g/mol. The van der Waals surface area contributed by atoms with Crippen molar-refractivity contribution < 1.29 is 9.53 Å². The summed E-state index contributed by atoms with van der Waals surface area (Å²) in [6, 6.07) is 19.9. The first-order valence-corrected chi connectivity index (χ1v) is 8.50. The minimum absolute atomic E-state index is 0.0737. The van der Waals surface area contributed by atoms with Crippen LogP contribution in [0.4, 0.5) is 0 Å². The largest absolute Gasteiger partial charge is 0.487 e. The number of carbonyl (C=O) groups is 1. The smallest absolute Gasteiger partial charge is 0.169 e. The zero-order valence-electron chi connectivity index (χ0n) is 14.7. The molecule has 0 spiro atoms. The standard InChI is InChI=1S/C23H22O2/c1-4-17-9-11-18(12-10-17)15-25-23-20-8-6-5-7-19(20)13-14-21(23)22(24)16(2)3/h4-14,16H,1,15H2,2-3H3. The molecule has 25 heavy (non-hydrogen) atoms. The number of ether oxygens (including phenoxy) is 1. The van der Waals surface area contributed by atoms with Crippen LogP contribution in [-0.4, -0.2) is 5.78 Å². The number of hydrogen-bond acceptors (Lipinski definition) is 2. The maximum atomic E-state index is 12.6. The van der Waals surface area contributed by atoms with E-state index in [1.54, 1.807) is 0 Å². The topological polar surface area (TPSA) is 26.3 Å². The molecule has 3 aromatic carbocycles. The lowest BCUT2D eigenvalue weighted by molar-refractivity contribution is 0.0935. The quantitative estimate of drug-likeness (QED) is 0.526. The van der Waals surface area contributed by atoms with Gasteiger partial charge < -0.3 is 4.74 Å². The molecule has 0 aliphatic rings. The fourth-order valence-corrected chi connectivity index (χ4v) is 2.81. The molecule has 0 fully saturated rings. The third kappa shape index (κ3) is 3.63.